The van der Waals surface area contributed by atoms with Gasteiger partial charge in [-0.05, 0) is 31.5 Å². The average Bonchev–Trinajstić information content (AvgIpc) is 2.37. The standard InChI is InChI=1S/C14H18O5/c1-9(2)19-13(14(16)17)7-10-4-5-12(18-3)11(6-10)8-15/h4-6,8-9,13H,7H2,1-3H3,(H,16,17). The summed E-state index contributed by atoms with van der Waals surface area (Å²) in [6.07, 6.45) is -0.211. The molecule has 0 aliphatic heterocycles. The topological polar surface area (TPSA) is 72.8 Å². The van der Waals surface area contributed by atoms with Crippen molar-refractivity contribution < 1.29 is 24.2 Å². The molecule has 1 aromatic rings. The largest absolute Gasteiger partial charge is 0.496 e. The van der Waals surface area contributed by atoms with Crippen LogP contribution in [0.15, 0.2) is 18.2 Å². The van der Waals surface area contributed by atoms with E-state index in [1.165, 1.54) is 7.11 Å². The molecule has 1 atom stereocenters. The van der Waals surface area contributed by atoms with E-state index >= 15 is 0 Å². The zero-order valence-electron chi connectivity index (χ0n) is 11.3. The first-order valence-corrected chi connectivity index (χ1v) is 5.98. The Bertz CT molecular complexity index is 453. The van der Waals surface area contributed by atoms with Gasteiger partial charge < -0.3 is 14.6 Å². The Morgan fingerprint density at radius 3 is 2.58 bits per heavy atom. The smallest absolute Gasteiger partial charge is 0.333 e. The van der Waals surface area contributed by atoms with E-state index in [2.05, 4.69) is 0 Å². The number of carbonyl (C=O) groups is 2. The third kappa shape index (κ3) is 4.37. The molecule has 0 bridgehead atoms. The molecule has 1 rings (SSSR count). The van der Waals surface area contributed by atoms with Crippen LogP contribution in [0.4, 0.5) is 0 Å². The third-order valence-corrected chi connectivity index (χ3v) is 2.55. The molecule has 0 saturated heterocycles. The van der Waals surface area contributed by atoms with Crippen LogP contribution in [0.5, 0.6) is 5.75 Å². The maximum Gasteiger partial charge on any atom is 0.333 e. The monoisotopic (exact) mass is 266 g/mol. The van der Waals surface area contributed by atoms with Gasteiger partial charge in [-0.15, -0.1) is 0 Å². The first-order chi connectivity index (χ1) is 8.97. The van der Waals surface area contributed by atoms with Crippen LogP contribution in [0, 0.1) is 0 Å². The zero-order chi connectivity index (χ0) is 14.4. The van der Waals surface area contributed by atoms with Crippen molar-refractivity contribution in [2.75, 3.05) is 7.11 Å². The molecule has 0 aromatic heterocycles. The lowest BCUT2D eigenvalue weighted by atomic mass is 10.0. The van der Waals surface area contributed by atoms with Gasteiger partial charge in [-0.25, -0.2) is 4.79 Å². The van der Waals surface area contributed by atoms with Gasteiger partial charge in [-0.2, -0.15) is 0 Å². The molecule has 104 valence electrons. The number of benzene rings is 1. The quantitative estimate of drug-likeness (QED) is 0.763. The van der Waals surface area contributed by atoms with Gasteiger partial charge in [0.05, 0.1) is 18.8 Å². The van der Waals surface area contributed by atoms with Crippen molar-refractivity contribution in [3.63, 3.8) is 0 Å². The number of methoxy groups -OCH3 is 1. The zero-order valence-corrected chi connectivity index (χ0v) is 11.3. The van der Waals surface area contributed by atoms with Gasteiger partial charge in [0.1, 0.15) is 5.75 Å². The molecule has 1 unspecified atom stereocenters. The van der Waals surface area contributed by atoms with Crippen molar-refractivity contribution in [3.05, 3.63) is 29.3 Å². The number of carbonyl (C=O) groups excluding carboxylic acids is 1. The number of hydrogen-bond donors (Lipinski definition) is 1. The second kappa shape index (κ2) is 6.89. The van der Waals surface area contributed by atoms with Crippen LogP contribution in [0.25, 0.3) is 0 Å². The normalized spacial score (nSPS) is 12.2. The number of aliphatic carboxylic acids is 1. The molecule has 1 aromatic carbocycles. The minimum atomic E-state index is -1.02. The first-order valence-electron chi connectivity index (χ1n) is 5.98. The number of ether oxygens (including phenoxy) is 2. The summed E-state index contributed by atoms with van der Waals surface area (Å²) in [6.45, 7) is 3.56. The number of aldehydes is 1. The molecule has 0 radical (unpaired) electrons. The molecule has 19 heavy (non-hydrogen) atoms. The van der Waals surface area contributed by atoms with Gasteiger partial charge >= 0.3 is 5.97 Å². The molecule has 5 nitrogen and oxygen atoms in total. The molecule has 0 heterocycles. The fourth-order valence-corrected chi connectivity index (χ4v) is 1.74. The summed E-state index contributed by atoms with van der Waals surface area (Å²) in [5, 5.41) is 9.09. The summed E-state index contributed by atoms with van der Waals surface area (Å²) in [4.78, 5) is 22.0. The van der Waals surface area contributed by atoms with Gasteiger partial charge in [-0.1, -0.05) is 6.07 Å². The highest BCUT2D eigenvalue weighted by atomic mass is 16.5. The molecular formula is C14H18O5. The van der Waals surface area contributed by atoms with E-state index in [0.29, 0.717) is 17.6 Å². The SMILES string of the molecule is COc1ccc(CC(OC(C)C)C(=O)O)cc1C=O. The highest BCUT2D eigenvalue weighted by Gasteiger charge is 2.20. The van der Waals surface area contributed by atoms with E-state index in [0.717, 1.165) is 5.56 Å². The Balaban J connectivity index is 2.90. The molecule has 0 spiro atoms. The van der Waals surface area contributed by atoms with E-state index in [-0.39, 0.29) is 12.5 Å². The molecule has 0 saturated carbocycles. The lowest BCUT2D eigenvalue weighted by Crippen LogP contribution is -2.29. The summed E-state index contributed by atoms with van der Waals surface area (Å²) in [7, 11) is 1.48. The number of carboxylic acid groups (broad SMARTS) is 1. The van der Waals surface area contributed by atoms with Crippen LogP contribution >= 0.6 is 0 Å². The fourth-order valence-electron chi connectivity index (χ4n) is 1.74. The van der Waals surface area contributed by atoms with Crippen LogP contribution in [0.1, 0.15) is 29.8 Å². The maximum atomic E-state index is 11.1. The molecule has 0 fully saturated rings. The number of carboxylic acids is 1. The van der Waals surface area contributed by atoms with Crippen molar-refractivity contribution >= 4 is 12.3 Å². The lowest BCUT2D eigenvalue weighted by Gasteiger charge is -2.17. The first kappa shape index (κ1) is 15.2. The molecule has 1 N–H and O–H groups in total. The highest BCUT2D eigenvalue weighted by Crippen LogP contribution is 2.19. The summed E-state index contributed by atoms with van der Waals surface area (Å²) in [6, 6.07) is 4.99. The number of hydrogen-bond acceptors (Lipinski definition) is 4. The Morgan fingerprint density at radius 2 is 2.11 bits per heavy atom. The Hall–Kier alpha value is -1.88. The highest BCUT2D eigenvalue weighted by molar-refractivity contribution is 5.80. The Kier molecular flexibility index (Phi) is 5.51. The van der Waals surface area contributed by atoms with E-state index in [4.69, 9.17) is 14.6 Å². The average molecular weight is 266 g/mol. The van der Waals surface area contributed by atoms with E-state index < -0.39 is 12.1 Å². The van der Waals surface area contributed by atoms with Crippen molar-refractivity contribution in [1.82, 2.24) is 0 Å². The van der Waals surface area contributed by atoms with Crippen LogP contribution in [0.3, 0.4) is 0 Å². The van der Waals surface area contributed by atoms with Crippen LogP contribution in [0.2, 0.25) is 0 Å². The van der Waals surface area contributed by atoms with Crippen molar-refractivity contribution in [2.45, 2.75) is 32.5 Å². The molecule has 0 aliphatic rings. The van der Waals surface area contributed by atoms with E-state index in [9.17, 15) is 9.59 Å². The lowest BCUT2D eigenvalue weighted by molar-refractivity contribution is -0.153. The van der Waals surface area contributed by atoms with E-state index in [1.807, 2.05) is 0 Å². The molecule has 0 amide bonds. The summed E-state index contributed by atoms with van der Waals surface area (Å²) < 4.78 is 10.4. The predicted molar refractivity (Wildman–Crippen MR) is 69.7 cm³/mol. The Morgan fingerprint density at radius 1 is 1.42 bits per heavy atom. The minimum Gasteiger partial charge on any atom is -0.496 e. The van der Waals surface area contributed by atoms with Crippen LogP contribution in [-0.4, -0.2) is 36.7 Å². The summed E-state index contributed by atoms with van der Waals surface area (Å²) >= 11 is 0. The van der Waals surface area contributed by atoms with Crippen LogP contribution in [-0.2, 0) is 16.0 Å². The molecule has 5 heteroatoms. The van der Waals surface area contributed by atoms with Crippen molar-refractivity contribution in [2.24, 2.45) is 0 Å². The van der Waals surface area contributed by atoms with Gasteiger partial charge in [-0.3, -0.25) is 4.79 Å². The van der Waals surface area contributed by atoms with Gasteiger partial charge in [0.25, 0.3) is 0 Å². The maximum absolute atomic E-state index is 11.1. The second-order valence-electron chi connectivity index (χ2n) is 4.41. The molecule has 0 aliphatic carbocycles. The second-order valence-corrected chi connectivity index (χ2v) is 4.41. The number of rotatable bonds is 7. The molecular weight excluding hydrogens is 248 g/mol. The van der Waals surface area contributed by atoms with Crippen molar-refractivity contribution in [1.29, 1.82) is 0 Å². The minimum absolute atomic E-state index is 0.176. The van der Waals surface area contributed by atoms with E-state index in [1.54, 1.807) is 32.0 Å². The summed E-state index contributed by atoms with van der Waals surface area (Å²) in [5.74, 6) is -0.549. The van der Waals surface area contributed by atoms with Gasteiger partial charge in [0.15, 0.2) is 12.4 Å². The van der Waals surface area contributed by atoms with Crippen molar-refractivity contribution in [3.8, 4) is 5.75 Å². The predicted octanol–water partition coefficient (Wildman–Crippen LogP) is 1.93. The third-order valence-electron chi connectivity index (χ3n) is 2.55. The fraction of sp³-hybridized carbons (Fsp3) is 0.429. The summed E-state index contributed by atoms with van der Waals surface area (Å²) in [5.41, 5.74) is 1.12. The van der Waals surface area contributed by atoms with Crippen LogP contribution < -0.4 is 4.74 Å². The van der Waals surface area contributed by atoms with Gasteiger partial charge in [0, 0.05) is 6.42 Å². The Labute approximate surface area is 112 Å². The van der Waals surface area contributed by atoms with Gasteiger partial charge in [0.2, 0.25) is 0 Å².